The first-order valence-corrected chi connectivity index (χ1v) is 7.76. The zero-order valence-electron chi connectivity index (χ0n) is 12.3. The number of hydrogen-bond acceptors (Lipinski definition) is 4. The maximum absolute atomic E-state index is 12.3. The lowest BCUT2D eigenvalue weighted by Gasteiger charge is -2.09. The molecule has 0 saturated carbocycles. The Labute approximate surface area is 132 Å². The van der Waals surface area contributed by atoms with Gasteiger partial charge in [-0.2, -0.15) is 0 Å². The van der Waals surface area contributed by atoms with Crippen LogP contribution in [0.3, 0.4) is 0 Å². The lowest BCUT2D eigenvalue weighted by molar-refractivity contribution is 0.102. The number of aromatic nitrogens is 2. The number of carbonyl (C=O) groups excluding carboxylic acids is 1. The molecule has 0 aliphatic carbocycles. The number of nitrogens with one attached hydrogen (secondary N) is 1. The highest BCUT2D eigenvalue weighted by atomic mass is 32.1. The third-order valence-corrected chi connectivity index (χ3v) is 4.41. The molecule has 110 valence electrons. The Hall–Kier alpha value is -2.53. The summed E-state index contributed by atoms with van der Waals surface area (Å²) in [7, 11) is 0. The molecule has 3 rings (SSSR count). The molecule has 0 aliphatic rings. The second kappa shape index (κ2) is 6.07. The van der Waals surface area contributed by atoms with Crippen molar-refractivity contribution in [3.8, 4) is 10.6 Å². The van der Waals surface area contributed by atoms with Crippen molar-refractivity contribution in [2.45, 2.75) is 13.8 Å². The number of nitrogens with zero attached hydrogens (tertiary/aromatic N) is 2. The summed E-state index contributed by atoms with van der Waals surface area (Å²) in [6, 6.07) is 9.61. The van der Waals surface area contributed by atoms with E-state index in [9.17, 15) is 4.79 Å². The number of thiazole rings is 1. The number of amides is 1. The Kier molecular flexibility index (Phi) is 3.98. The van der Waals surface area contributed by atoms with Gasteiger partial charge in [0.15, 0.2) is 0 Å². The van der Waals surface area contributed by atoms with Crippen molar-refractivity contribution < 1.29 is 4.79 Å². The van der Waals surface area contributed by atoms with Crippen LogP contribution in [-0.4, -0.2) is 15.9 Å². The van der Waals surface area contributed by atoms with Crippen molar-refractivity contribution in [1.82, 2.24) is 9.97 Å². The van der Waals surface area contributed by atoms with Crippen LogP contribution in [0, 0.1) is 13.8 Å². The molecule has 0 radical (unpaired) electrons. The third kappa shape index (κ3) is 2.89. The molecule has 0 unspecified atom stereocenters. The summed E-state index contributed by atoms with van der Waals surface area (Å²) in [6.45, 7) is 4.02. The van der Waals surface area contributed by atoms with Crippen LogP contribution < -0.4 is 5.32 Å². The maximum atomic E-state index is 12.3. The fraction of sp³-hybridized carbons (Fsp3) is 0.118. The topological polar surface area (TPSA) is 54.9 Å². The van der Waals surface area contributed by atoms with Crippen LogP contribution in [0.4, 0.5) is 5.69 Å². The van der Waals surface area contributed by atoms with Crippen LogP contribution in [0.1, 0.15) is 21.6 Å². The molecule has 0 aliphatic heterocycles. The Bertz CT molecular complexity index is 812. The van der Waals surface area contributed by atoms with Gasteiger partial charge in [0.2, 0.25) is 0 Å². The van der Waals surface area contributed by atoms with Gasteiger partial charge in [0, 0.05) is 29.0 Å². The van der Waals surface area contributed by atoms with Gasteiger partial charge in [0.05, 0.1) is 0 Å². The van der Waals surface area contributed by atoms with E-state index in [-0.39, 0.29) is 5.91 Å². The predicted octanol–water partition coefficient (Wildman–Crippen LogP) is 4.07. The standard InChI is InChI=1S/C17H15N3OS/c1-11-4-3-5-14(12(11)2)19-16(21)15-10-22-17(20-15)13-6-8-18-9-7-13/h3-10H,1-2H3,(H,19,21). The molecular formula is C17H15N3OS. The van der Waals surface area contributed by atoms with Crippen molar-refractivity contribution >= 4 is 22.9 Å². The van der Waals surface area contributed by atoms with Crippen molar-refractivity contribution in [1.29, 1.82) is 0 Å². The first kappa shape index (κ1) is 14.4. The Morgan fingerprint density at radius 2 is 1.91 bits per heavy atom. The Morgan fingerprint density at radius 1 is 1.14 bits per heavy atom. The molecule has 0 saturated heterocycles. The zero-order chi connectivity index (χ0) is 15.5. The summed E-state index contributed by atoms with van der Waals surface area (Å²) in [4.78, 5) is 20.7. The molecule has 1 amide bonds. The van der Waals surface area contributed by atoms with Crippen LogP contribution >= 0.6 is 11.3 Å². The largest absolute Gasteiger partial charge is 0.320 e. The van der Waals surface area contributed by atoms with Crippen molar-refractivity contribution in [3.05, 3.63) is 64.9 Å². The summed E-state index contributed by atoms with van der Waals surface area (Å²) in [5.74, 6) is -0.190. The van der Waals surface area contributed by atoms with E-state index >= 15 is 0 Å². The van der Waals surface area contributed by atoms with E-state index in [1.54, 1.807) is 17.8 Å². The van der Waals surface area contributed by atoms with Gasteiger partial charge >= 0.3 is 0 Å². The first-order valence-electron chi connectivity index (χ1n) is 6.88. The first-order chi connectivity index (χ1) is 10.6. The van der Waals surface area contributed by atoms with Gasteiger partial charge in [-0.25, -0.2) is 4.98 Å². The molecule has 2 aromatic heterocycles. The fourth-order valence-electron chi connectivity index (χ4n) is 2.08. The van der Waals surface area contributed by atoms with E-state index < -0.39 is 0 Å². The molecule has 22 heavy (non-hydrogen) atoms. The van der Waals surface area contributed by atoms with E-state index in [0.29, 0.717) is 5.69 Å². The molecule has 1 N–H and O–H groups in total. The van der Waals surface area contributed by atoms with Gasteiger partial charge in [-0.3, -0.25) is 9.78 Å². The zero-order valence-corrected chi connectivity index (χ0v) is 13.1. The van der Waals surface area contributed by atoms with Crippen molar-refractivity contribution in [2.75, 3.05) is 5.32 Å². The minimum atomic E-state index is -0.190. The number of aryl methyl sites for hydroxylation is 1. The van der Waals surface area contributed by atoms with Crippen molar-refractivity contribution in [2.24, 2.45) is 0 Å². The second-order valence-electron chi connectivity index (χ2n) is 4.98. The van der Waals surface area contributed by atoms with Gasteiger partial charge in [0.1, 0.15) is 10.7 Å². The van der Waals surface area contributed by atoms with E-state index in [0.717, 1.165) is 27.4 Å². The number of pyridine rings is 1. The molecule has 0 atom stereocenters. The average Bonchev–Trinajstić information content (AvgIpc) is 3.03. The van der Waals surface area contributed by atoms with Crippen molar-refractivity contribution in [3.63, 3.8) is 0 Å². The van der Waals surface area contributed by atoms with Crippen LogP contribution in [0.15, 0.2) is 48.1 Å². The molecule has 4 nitrogen and oxygen atoms in total. The second-order valence-corrected chi connectivity index (χ2v) is 5.83. The molecule has 5 heteroatoms. The van der Waals surface area contributed by atoms with Crippen LogP contribution in [0.5, 0.6) is 0 Å². The van der Waals surface area contributed by atoms with Gasteiger partial charge < -0.3 is 5.32 Å². The van der Waals surface area contributed by atoms with Gasteiger partial charge in [-0.15, -0.1) is 11.3 Å². The summed E-state index contributed by atoms with van der Waals surface area (Å²) in [5, 5.41) is 5.51. The number of hydrogen-bond donors (Lipinski definition) is 1. The summed E-state index contributed by atoms with van der Waals surface area (Å²) in [6.07, 6.45) is 3.43. The minimum Gasteiger partial charge on any atom is -0.320 e. The molecule has 2 heterocycles. The molecule has 0 fully saturated rings. The van der Waals surface area contributed by atoms with Crippen LogP contribution in [-0.2, 0) is 0 Å². The number of carbonyl (C=O) groups is 1. The Balaban J connectivity index is 1.82. The lowest BCUT2D eigenvalue weighted by atomic mass is 10.1. The summed E-state index contributed by atoms with van der Waals surface area (Å²) < 4.78 is 0. The number of anilines is 1. The average molecular weight is 309 g/mol. The smallest absolute Gasteiger partial charge is 0.275 e. The van der Waals surface area contributed by atoms with Gasteiger partial charge in [-0.05, 0) is 43.2 Å². The fourth-order valence-corrected chi connectivity index (χ4v) is 2.88. The highest BCUT2D eigenvalue weighted by Gasteiger charge is 2.13. The van der Waals surface area contributed by atoms with E-state index in [4.69, 9.17) is 0 Å². The maximum Gasteiger partial charge on any atom is 0.275 e. The lowest BCUT2D eigenvalue weighted by Crippen LogP contribution is -2.13. The minimum absolute atomic E-state index is 0.190. The normalized spacial score (nSPS) is 10.5. The molecule has 3 aromatic rings. The predicted molar refractivity (Wildman–Crippen MR) is 89.2 cm³/mol. The monoisotopic (exact) mass is 309 g/mol. The molecule has 0 bridgehead atoms. The SMILES string of the molecule is Cc1cccc(NC(=O)c2csc(-c3ccncc3)n2)c1C. The molecule has 0 spiro atoms. The number of benzene rings is 1. The van der Waals surface area contributed by atoms with Crippen LogP contribution in [0.2, 0.25) is 0 Å². The summed E-state index contributed by atoms with van der Waals surface area (Å²) >= 11 is 1.45. The number of rotatable bonds is 3. The Morgan fingerprint density at radius 3 is 2.68 bits per heavy atom. The van der Waals surface area contributed by atoms with Crippen LogP contribution in [0.25, 0.3) is 10.6 Å². The highest BCUT2D eigenvalue weighted by Crippen LogP contribution is 2.24. The van der Waals surface area contributed by atoms with Gasteiger partial charge in [-0.1, -0.05) is 12.1 Å². The van der Waals surface area contributed by atoms with E-state index in [2.05, 4.69) is 15.3 Å². The highest BCUT2D eigenvalue weighted by molar-refractivity contribution is 7.13. The third-order valence-electron chi connectivity index (χ3n) is 3.52. The molecular weight excluding hydrogens is 294 g/mol. The van der Waals surface area contributed by atoms with E-state index in [1.807, 2.05) is 44.2 Å². The quantitative estimate of drug-likeness (QED) is 0.793. The van der Waals surface area contributed by atoms with Gasteiger partial charge in [0.25, 0.3) is 5.91 Å². The van der Waals surface area contributed by atoms with E-state index in [1.165, 1.54) is 11.3 Å². The molecule has 1 aromatic carbocycles. The summed E-state index contributed by atoms with van der Waals surface area (Å²) in [5.41, 5.74) is 4.43.